The van der Waals surface area contributed by atoms with Gasteiger partial charge in [0.05, 0.1) is 6.61 Å². The Kier molecular flexibility index (Phi) is 7.46. The van der Waals surface area contributed by atoms with Crippen LogP contribution < -0.4 is 10.1 Å². The summed E-state index contributed by atoms with van der Waals surface area (Å²) in [6.45, 7) is 7.68. The number of para-hydroxylation sites is 1. The van der Waals surface area contributed by atoms with E-state index >= 15 is 0 Å². The Bertz CT molecular complexity index is 328. The molecule has 0 heterocycles. The molecule has 0 aliphatic carbocycles. The Morgan fingerprint density at radius 1 is 1.22 bits per heavy atom. The zero-order valence-electron chi connectivity index (χ0n) is 11.7. The molecule has 1 unspecified atom stereocenters. The number of methoxy groups -OCH3 is 1. The summed E-state index contributed by atoms with van der Waals surface area (Å²) in [7, 11) is 1.69. The van der Waals surface area contributed by atoms with E-state index in [0.29, 0.717) is 19.1 Å². The molecule has 3 nitrogen and oxygen atoms in total. The van der Waals surface area contributed by atoms with Gasteiger partial charge in [-0.1, -0.05) is 32.0 Å². The highest BCUT2D eigenvalue weighted by Crippen LogP contribution is 2.28. The van der Waals surface area contributed by atoms with E-state index in [4.69, 9.17) is 9.47 Å². The summed E-state index contributed by atoms with van der Waals surface area (Å²) in [5, 5.41) is 3.36. The fraction of sp³-hybridized carbons (Fsp3) is 0.600. The number of nitrogens with one attached hydrogen (secondary N) is 1. The average molecular weight is 251 g/mol. The van der Waals surface area contributed by atoms with Gasteiger partial charge in [0.1, 0.15) is 12.4 Å². The molecule has 0 spiro atoms. The Balaban J connectivity index is 2.56. The lowest BCUT2D eigenvalue weighted by molar-refractivity contribution is 0.145. The Morgan fingerprint density at radius 2 is 2.00 bits per heavy atom. The third-order valence-corrected chi connectivity index (χ3v) is 3.00. The van der Waals surface area contributed by atoms with Gasteiger partial charge in [-0.15, -0.1) is 0 Å². The van der Waals surface area contributed by atoms with Crippen molar-refractivity contribution in [1.82, 2.24) is 5.32 Å². The van der Waals surface area contributed by atoms with Crippen LogP contribution in [0.5, 0.6) is 5.75 Å². The highest BCUT2D eigenvalue weighted by molar-refractivity contribution is 5.35. The predicted molar refractivity (Wildman–Crippen MR) is 75.4 cm³/mol. The van der Waals surface area contributed by atoms with Crippen LogP contribution in [0, 0.1) is 0 Å². The molecule has 102 valence electrons. The Labute approximate surface area is 110 Å². The van der Waals surface area contributed by atoms with Crippen LogP contribution in [0.15, 0.2) is 24.3 Å². The van der Waals surface area contributed by atoms with Gasteiger partial charge in [-0.2, -0.15) is 0 Å². The largest absolute Gasteiger partial charge is 0.491 e. The van der Waals surface area contributed by atoms with Crippen molar-refractivity contribution in [2.45, 2.75) is 26.2 Å². The van der Waals surface area contributed by atoms with Crippen LogP contribution in [0.2, 0.25) is 0 Å². The third kappa shape index (κ3) is 5.07. The molecule has 0 aliphatic rings. The molecule has 1 atom stereocenters. The van der Waals surface area contributed by atoms with Crippen molar-refractivity contribution in [2.24, 2.45) is 0 Å². The minimum atomic E-state index is 0.503. The first-order valence-electron chi connectivity index (χ1n) is 6.71. The van der Waals surface area contributed by atoms with Gasteiger partial charge in [0.2, 0.25) is 0 Å². The summed E-state index contributed by atoms with van der Waals surface area (Å²) in [4.78, 5) is 0. The number of hydrogen-bond acceptors (Lipinski definition) is 3. The van der Waals surface area contributed by atoms with Crippen molar-refractivity contribution in [3.05, 3.63) is 29.8 Å². The molecule has 1 aromatic rings. The molecule has 0 radical (unpaired) electrons. The quantitative estimate of drug-likeness (QED) is 0.685. The van der Waals surface area contributed by atoms with Crippen molar-refractivity contribution >= 4 is 0 Å². The highest BCUT2D eigenvalue weighted by atomic mass is 16.5. The van der Waals surface area contributed by atoms with E-state index in [0.717, 1.165) is 25.3 Å². The number of benzene rings is 1. The van der Waals surface area contributed by atoms with Crippen LogP contribution in [0.1, 0.15) is 31.7 Å². The molecule has 3 heteroatoms. The van der Waals surface area contributed by atoms with Gasteiger partial charge in [0.25, 0.3) is 0 Å². The smallest absolute Gasteiger partial charge is 0.122 e. The van der Waals surface area contributed by atoms with Gasteiger partial charge in [0, 0.05) is 7.11 Å². The molecule has 0 saturated carbocycles. The zero-order valence-corrected chi connectivity index (χ0v) is 11.7. The van der Waals surface area contributed by atoms with Crippen molar-refractivity contribution in [2.75, 3.05) is 33.4 Å². The van der Waals surface area contributed by atoms with Crippen LogP contribution in [0.25, 0.3) is 0 Å². The Hall–Kier alpha value is -1.06. The molecule has 0 saturated heterocycles. The molecular formula is C15H25NO2. The van der Waals surface area contributed by atoms with Crippen LogP contribution in [-0.2, 0) is 4.74 Å². The SMILES string of the molecule is CCNCCC(C)c1ccccc1OCCOC. The highest BCUT2D eigenvalue weighted by Gasteiger charge is 2.10. The standard InChI is InChI=1S/C15H25NO2/c1-4-16-10-9-13(2)14-7-5-6-8-15(14)18-12-11-17-3/h5-8,13,16H,4,9-12H2,1-3H3. The molecular weight excluding hydrogens is 226 g/mol. The topological polar surface area (TPSA) is 30.5 Å². The predicted octanol–water partition coefficient (Wildman–Crippen LogP) is 2.81. The monoisotopic (exact) mass is 251 g/mol. The van der Waals surface area contributed by atoms with Gasteiger partial charge < -0.3 is 14.8 Å². The average Bonchev–Trinajstić information content (AvgIpc) is 2.40. The maximum Gasteiger partial charge on any atom is 0.122 e. The maximum atomic E-state index is 5.76. The number of hydrogen-bond donors (Lipinski definition) is 1. The second-order valence-corrected chi connectivity index (χ2v) is 4.42. The van der Waals surface area contributed by atoms with Gasteiger partial charge >= 0.3 is 0 Å². The lowest BCUT2D eigenvalue weighted by atomic mass is 9.97. The van der Waals surface area contributed by atoms with E-state index in [-0.39, 0.29) is 0 Å². The van der Waals surface area contributed by atoms with Crippen LogP contribution in [0.3, 0.4) is 0 Å². The third-order valence-electron chi connectivity index (χ3n) is 3.00. The normalized spacial score (nSPS) is 12.4. The summed E-state index contributed by atoms with van der Waals surface area (Å²) < 4.78 is 10.8. The minimum absolute atomic E-state index is 0.503. The summed E-state index contributed by atoms with van der Waals surface area (Å²) in [5.41, 5.74) is 1.28. The molecule has 0 fully saturated rings. The molecule has 1 aromatic carbocycles. The fourth-order valence-corrected chi connectivity index (χ4v) is 1.90. The summed E-state index contributed by atoms with van der Waals surface area (Å²) in [6, 6.07) is 8.28. The zero-order chi connectivity index (χ0) is 13.2. The molecule has 0 amide bonds. The number of ether oxygens (including phenoxy) is 2. The molecule has 1 rings (SSSR count). The summed E-state index contributed by atoms with van der Waals surface area (Å²) >= 11 is 0. The maximum absolute atomic E-state index is 5.76. The van der Waals surface area contributed by atoms with Crippen molar-refractivity contribution in [3.63, 3.8) is 0 Å². The molecule has 1 N–H and O–H groups in total. The first-order valence-corrected chi connectivity index (χ1v) is 6.71. The summed E-state index contributed by atoms with van der Waals surface area (Å²) in [5.74, 6) is 1.49. The van der Waals surface area contributed by atoms with E-state index in [1.54, 1.807) is 7.11 Å². The van der Waals surface area contributed by atoms with Crippen molar-refractivity contribution in [3.8, 4) is 5.75 Å². The molecule has 18 heavy (non-hydrogen) atoms. The fourth-order valence-electron chi connectivity index (χ4n) is 1.90. The molecule has 0 aliphatic heterocycles. The first kappa shape index (κ1) is 15.0. The minimum Gasteiger partial charge on any atom is -0.491 e. The van der Waals surface area contributed by atoms with Gasteiger partial charge in [-0.25, -0.2) is 0 Å². The number of rotatable bonds is 9. The first-order chi connectivity index (χ1) is 8.79. The van der Waals surface area contributed by atoms with Crippen molar-refractivity contribution < 1.29 is 9.47 Å². The lowest BCUT2D eigenvalue weighted by Crippen LogP contribution is -2.16. The molecule has 0 aromatic heterocycles. The van der Waals surface area contributed by atoms with Crippen LogP contribution in [-0.4, -0.2) is 33.4 Å². The van der Waals surface area contributed by atoms with Gasteiger partial charge in [0.15, 0.2) is 0 Å². The van der Waals surface area contributed by atoms with E-state index in [2.05, 4.69) is 31.3 Å². The van der Waals surface area contributed by atoms with Gasteiger partial charge in [-0.3, -0.25) is 0 Å². The lowest BCUT2D eigenvalue weighted by Gasteiger charge is -2.17. The van der Waals surface area contributed by atoms with Crippen LogP contribution >= 0.6 is 0 Å². The Morgan fingerprint density at radius 3 is 2.72 bits per heavy atom. The summed E-state index contributed by atoms with van der Waals surface area (Å²) in [6.07, 6.45) is 1.12. The van der Waals surface area contributed by atoms with Crippen LogP contribution in [0.4, 0.5) is 0 Å². The van der Waals surface area contributed by atoms with E-state index in [1.165, 1.54) is 5.56 Å². The van der Waals surface area contributed by atoms with Gasteiger partial charge in [-0.05, 0) is 37.1 Å². The van der Waals surface area contributed by atoms with E-state index in [1.807, 2.05) is 12.1 Å². The van der Waals surface area contributed by atoms with E-state index < -0.39 is 0 Å². The van der Waals surface area contributed by atoms with Crippen molar-refractivity contribution in [1.29, 1.82) is 0 Å². The van der Waals surface area contributed by atoms with E-state index in [9.17, 15) is 0 Å². The molecule has 0 bridgehead atoms. The second-order valence-electron chi connectivity index (χ2n) is 4.42. The second kappa shape index (κ2) is 8.95.